The van der Waals surface area contributed by atoms with Crippen molar-refractivity contribution in [2.24, 2.45) is 11.8 Å². The smallest absolute Gasteiger partial charge is 0.115 e. The zero-order valence-corrected chi connectivity index (χ0v) is 20.0. The normalized spacial score (nSPS) is 40.2. The van der Waals surface area contributed by atoms with Gasteiger partial charge in [0.15, 0.2) is 0 Å². The molecule has 4 heteroatoms. The van der Waals surface area contributed by atoms with Gasteiger partial charge in [0, 0.05) is 43.1 Å². The van der Waals surface area contributed by atoms with Crippen LogP contribution in [0, 0.1) is 11.8 Å². The average Bonchev–Trinajstić information content (AvgIpc) is 3.55. The number of benzene rings is 2. The number of nitrogens with zero attached hydrogens (tertiary/aromatic N) is 2. The largest absolute Gasteiger partial charge is 0.508 e. The summed E-state index contributed by atoms with van der Waals surface area (Å²) in [6.07, 6.45) is 8.99. The molecule has 3 saturated heterocycles. The molecule has 6 atom stereocenters. The van der Waals surface area contributed by atoms with E-state index >= 15 is 0 Å². The van der Waals surface area contributed by atoms with Crippen molar-refractivity contribution in [1.82, 2.24) is 9.80 Å². The van der Waals surface area contributed by atoms with Gasteiger partial charge in [0.2, 0.25) is 0 Å². The third-order valence-corrected chi connectivity index (χ3v) is 10.7. The molecule has 5 fully saturated rings. The van der Waals surface area contributed by atoms with Crippen LogP contribution in [0.1, 0.15) is 48.8 Å². The summed E-state index contributed by atoms with van der Waals surface area (Å²) in [4.78, 5) is 5.60. The maximum atomic E-state index is 10.6. The van der Waals surface area contributed by atoms with Crippen molar-refractivity contribution in [3.63, 3.8) is 0 Å². The fourth-order valence-corrected chi connectivity index (χ4v) is 9.29. The fourth-order valence-electron chi connectivity index (χ4n) is 9.29. The Morgan fingerprint density at radius 2 is 1.88 bits per heavy atom. The van der Waals surface area contributed by atoms with Crippen LogP contribution in [-0.4, -0.2) is 64.9 Å². The second-order valence-corrected chi connectivity index (χ2v) is 12.1. The first kappa shape index (κ1) is 20.3. The van der Waals surface area contributed by atoms with E-state index < -0.39 is 0 Å². The van der Waals surface area contributed by atoms with Gasteiger partial charge in [-0.05, 0) is 86.2 Å². The molecular formula is C30H36N2O2. The van der Waals surface area contributed by atoms with Gasteiger partial charge < -0.3 is 9.84 Å². The highest BCUT2D eigenvalue weighted by Gasteiger charge is 2.77. The lowest BCUT2D eigenvalue weighted by Gasteiger charge is -2.65. The molecule has 3 aliphatic carbocycles. The summed E-state index contributed by atoms with van der Waals surface area (Å²) in [6.45, 7) is 4.66. The molecule has 4 bridgehead atoms. The van der Waals surface area contributed by atoms with Gasteiger partial charge in [0.25, 0.3) is 0 Å². The first-order valence-corrected chi connectivity index (χ1v) is 13.7. The monoisotopic (exact) mass is 456 g/mol. The Bertz CT molecular complexity index is 1120. The standard InChI is InChI=1S/C30H36N2O2/c33-23-9-8-22-16-27-30-12-10-25-28(26(34-30)19-31(25)14-11-20-4-2-1-3-5-20)29(30,24(22)17-23)13-15-32(27)18-21-6-7-21/h1-5,8-9,17,21,25-28,33H,6-7,10-16,18-19H2/t25?,26-,27?,28?,29?,30?/m1/s1. The highest BCUT2D eigenvalue weighted by atomic mass is 16.5. The van der Waals surface area contributed by atoms with E-state index in [0.29, 0.717) is 29.9 Å². The summed E-state index contributed by atoms with van der Waals surface area (Å²) in [7, 11) is 0. The lowest BCUT2D eigenvalue weighted by Crippen LogP contribution is -2.74. The number of hydrogen-bond donors (Lipinski definition) is 1. The van der Waals surface area contributed by atoms with Crippen LogP contribution in [-0.2, 0) is 23.0 Å². The molecule has 178 valence electrons. The van der Waals surface area contributed by atoms with E-state index in [9.17, 15) is 5.11 Å². The molecule has 34 heavy (non-hydrogen) atoms. The average molecular weight is 457 g/mol. The summed E-state index contributed by atoms with van der Waals surface area (Å²) in [5.74, 6) is 1.90. The van der Waals surface area contributed by atoms with E-state index in [1.165, 1.54) is 61.9 Å². The number of aromatic hydroxyl groups is 1. The summed E-state index contributed by atoms with van der Waals surface area (Å²) < 4.78 is 7.37. The van der Waals surface area contributed by atoms with Crippen molar-refractivity contribution in [2.45, 2.75) is 74.1 Å². The second kappa shape index (κ2) is 7.09. The Morgan fingerprint density at radius 1 is 1.00 bits per heavy atom. The Hall–Kier alpha value is -1.88. The van der Waals surface area contributed by atoms with Crippen LogP contribution in [0.2, 0.25) is 0 Å². The summed E-state index contributed by atoms with van der Waals surface area (Å²) in [5, 5.41) is 10.6. The number of phenolic OH excluding ortho intramolecular Hbond substituents is 1. The lowest BCUT2D eigenvalue weighted by atomic mass is 9.46. The molecule has 0 radical (unpaired) electrons. The molecule has 3 heterocycles. The minimum atomic E-state index is -0.0573. The Morgan fingerprint density at radius 3 is 2.74 bits per heavy atom. The van der Waals surface area contributed by atoms with Crippen LogP contribution in [0.3, 0.4) is 0 Å². The summed E-state index contributed by atoms with van der Waals surface area (Å²) in [5.41, 5.74) is 4.37. The van der Waals surface area contributed by atoms with Gasteiger partial charge in [0.1, 0.15) is 5.75 Å². The van der Waals surface area contributed by atoms with Crippen LogP contribution < -0.4 is 0 Å². The van der Waals surface area contributed by atoms with E-state index in [-0.39, 0.29) is 11.0 Å². The second-order valence-electron chi connectivity index (χ2n) is 12.1. The molecule has 0 amide bonds. The van der Waals surface area contributed by atoms with Crippen molar-refractivity contribution in [2.75, 3.05) is 26.2 Å². The molecule has 3 aliphatic heterocycles. The Balaban J connectivity index is 1.18. The van der Waals surface area contributed by atoms with Crippen LogP contribution in [0.5, 0.6) is 5.75 Å². The van der Waals surface area contributed by atoms with E-state index in [4.69, 9.17) is 4.74 Å². The third kappa shape index (κ3) is 2.60. The van der Waals surface area contributed by atoms with Crippen molar-refractivity contribution in [1.29, 1.82) is 0 Å². The van der Waals surface area contributed by atoms with Crippen LogP contribution in [0.15, 0.2) is 48.5 Å². The van der Waals surface area contributed by atoms with Gasteiger partial charge >= 0.3 is 0 Å². The summed E-state index contributed by atoms with van der Waals surface area (Å²) in [6, 6.07) is 18.3. The first-order valence-electron chi connectivity index (χ1n) is 13.7. The van der Waals surface area contributed by atoms with Gasteiger partial charge in [-0.3, -0.25) is 9.80 Å². The molecule has 2 saturated carbocycles. The van der Waals surface area contributed by atoms with Crippen LogP contribution in [0.25, 0.3) is 0 Å². The van der Waals surface area contributed by atoms with Crippen molar-refractivity contribution >= 4 is 0 Å². The predicted octanol–water partition coefficient (Wildman–Crippen LogP) is 4.14. The van der Waals surface area contributed by atoms with Crippen LogP contribution in [0.4, 0.5) is 0 Å². The predicted molar refractivity (Wildman–Crippen MR) is 132 cm³/mol. The van der Waals surface area contributed by atoms with Crippen molar-refractivity contribution in [3.8, 4) is 5.75 Å². The van der Waals surface area contributed by atoms with Gasteiger partial charge in [0.05, 0.1) is 11.7 Å². The summed E-state index contributed by atoms with van der Waals surface area (Å²) >= 11 is 0. The van der Waals surface area contributed by atoms with Crippen molar-refractivity contribution < 1.29 is 9.84 Å². The molecule has 6 aliphatic rings. The maximum absolute atomic E-state index is 10.6. The molecule has 5 unspecified atom stereocenters. The van der Waals surface area contributed by atoms with Crippen LogP contribution >= 0.6 is 0 Å². The number of hydrogen-bond acceptors (Lipinski definition) is 4. The number of phenols is 1. The van der Waals surface area contributed by atoms with E-state index in [1.54, 1.807) is 0 Å². The van der Waals surface area contributed by atoms with E-state index in [0.717, 1.165) is 31.8 Å². The highest BCUT2D eigenvalue weighted by molar-refractivity contribution is 5.51. The molecule has 2 aromatic carbocycles. The maximum Gasteiger partial charge on any atom is 0.115 e. The zero-order chi connectivity index (χ0) is 22.5. The minimum Gasteiger partial charge on any atom is -0.508 e. The Kier molecular flexibility index (Phi) is 4.24. The molecule has 1 N–H and O–H groups in total. The van der Waals surface area contributed by atoms with Gasteiger partial charge in [-0.25, -0.2) is 0 Å². The zero-order valence-electron chi connectivity index (χ0n) is 20.0. The molecule has 2 aromatic rings. The Labute approximate surface area is 202 Å². The minimum absolute atomic E-state index is 0.0573. The molecule has 8 rings (SSSR count). The van der Waals surface area contributed by atoms with Gasteiger partial charge in [-0.15, -0.1) is 0 Å². The quantitative estimate of drug-likeness (QED) is 0.734. The lowest BCUT2D eigenvalue weighted by molar-refractivity contribution is -0.173. The number of rotatable bonds is 5. The third-order valence-electron chi connectivity index (χ3n) is 10.7. The molecule has 4 nitrogen and oxygen atoms in total. The highest BCUT2D eigenvalue weighted by Crippen LogP contribution is 2.69. The number of fused-ring (bicyclic) bond motifs is 1. The molecule has 0 spiro atoms. The van der Waals surface area contributed by atoms with Crippen molar-refractivity contribution in [3.05, 3.63) is 65.2 Å². The fraction of sp³-hybridized carbons (Fsp3) is 0.600. The molecular weight excluding hydrogens is 420 g/mol. The number of ether oxygens (including phenoxy) is 1. The number of likely N-dealkylation sites (tertiary alicyclic amines) is 2. The van der Waals surface area contributed by atoms with E-state index in [2.05, 4.69) is 52.3 Å². The topological polar surface area (TPSA) is 35.9 Å². The SMILES string of the molecule is Oc1ccc2c(c1)C13CCN(CC4CC4)C(C2)C12CCC1C3[C@@H](CN1CCc1ccccc1)O2. The first-order chi connectivity index (χ1) is 16.7. The van der Waals surface area contributed by atoms with Gasteiger partial charge in [-0.2, -0.15) is 0 Å². The molecule has 0 aromatic heterocycles. The van der Waals surface area contributed by atoms with E-state index in [1.807, 2.05) is 6.07 Å². The number of piperidine rings is 1. The van der Waals surface area contributed by atoms with Gasteiger partial charge in [-0.1, -0.05) is 36.4 Å².